The standard InChI is InChI=1S/C15H13IN2O3/c16-10-6-7-12(11(8-10)15(20)21)18-14(19)13(17)9-4-2-1-3-5-9/h1-8,13H,17H2,(H,18,19)(H,20,21). The number of carbonyl (C=O) groups is 2. The fourth-order valence-corrected chi connectivity index (χ4v) is 2.32. The molecule has 0 heterocycles. The summed E-state index contributed by atoms with van der Waals surface area (Å²) in [7, 11) is 0. The van der Waals surface area contributed by atoms with Gasteiger partial charge >= 0.3 is 5.97 Å². The first-order valence-corrected chi connectivity index (χ1v) is 7.21. The van der Waals surface area contributed by atoms with Crippen LogP contribution in [0.15, 0.2) is 48.5 Å². The van der Waals surface area contributed by atoms with Crippen molar-refractivity contribution in [1.82, 2.24) is 0 Å². The zero-order chi connectivity index (χ0) is 15.4. The van der Waals surface area contributed by atoms with E-state index < -0.39 is 17.9 Å². The SMILES string of the molecule is NC(C(=O)Nc1ccc(I)cc1C(=O)O)c1ccccc1. The Hall–Kier alpha value is -1.93. The maximum absolute atomic E-state index is 12.1. The Balaban J connectivity index is 2.22. The predicted molar refractivity (Wildman–Crippen MR) is 88.1 cm³/mol. The molecule has 0 aliphatic rings. The van der Waals surface area contributed by atoms with Crippen LogP contribution in [0.4, 0.5) is 5.69 Å². The van der Waals surface area contributed by atoms with Gasteiger partial charge in [0.15, 0.2) is 0 Å². The highest BCUT2D eigenvalue weighted by Gasteiger charge is 2.18. The van der Waals surface area contributed by atoms with Crippen molar-refractivity contribution in [2.24, 2.45) is 5.73 Å². The van der Waals surface area contributed by atoms with Crippen LogP contribution < -0.4 is 11.1 Å². The first-order valence-electron chi connectivity index (χ1n) is 6.13. The molecule has 21 heavy (non-hydrogen) atoms. The molecule has 2 aromatic rings. The van der Waals surface area contributed by atoms with Crippen molar-refractivity contribution in [1.29, 1.82) is 0 Å². The molecule has 4 N–H and O–H groups in total. The van der Waals surface area contributed by atoms with Gasteiger partial charge < -0.3 is 16.2 Å². The molecule has 0 radical (unpaired) electrons. The predicted octanol–water partition coefficient (Wildman–Crippen LogP) is 2.63. The van der Waals surface area contributed by atoms with Crippen LogP contribution in [-0.2, 0) is 4.79 Å². The van der Waals surface area contributed by atoms with Crippen LogP contribution in [0.2, 0.25) is 0 Å². The molecule has 0 saturated carbocycles. The number of anilines is 1. The lowest BCUT2D eigenvalue weighted by Crippen LogP contribution is -2.28. The van der Waals surface area contributed by atoms with E-state index in [1.807, 2.05) is 28.7 Å². The van der Waals surface area contributed by atoms with Crippen LogP contribution in [0.5, 0.6) is 0 Å². The summed E-state index contributed by atoms with van der Waals surface area (Å²) in [6.45, 7) is 0. The molecule has 5 nitrogen and oxygen atoms in total. The van der Waals surface area contributed by atoms with Crippen molar-refractivity contribution >= 4 is 40.2 Å². The van der Waals surface area contributed by atoms with Gasteiger partial charge in [0.25, 0.3) is 0 Å². The number of carbonyl (C=O) groups excluding carboxylic acids is 1. The number of rotatable bonds is 4. The first-order chi connectivity index (χ1) is 9.99. The Morgan fingerprint density at radius 2 is 1.81 bits per heavy atom. The number of aromatic carboxylic acids is 1. The van der Waals surface area contributed by atoms with E-state index >= 15 is 0 Å². The molecule has 1 unspecified atom stereocenters. The monoisotopic (exact) mass is 396 g/mol. The van der Waals surface area contributed by atoms with E-state index in [4.69, 9.17) is 5.73 Å². The molecule has 6 heteroatoms. The maximum atomic E-state index is 12.1. The smallest absolute Gasteiger partial charge is 0.337 e. The van der Waals surface area contributed by atoms with Gasteiger partial charge in [-0.3, -0.25) is 4.79 Å². The third-order valence-corrected chi connectivity index (χ3v) is 3.58. The van der Waals surface area contributed by atoms with E-state index in [2.05, 4.69) is 5.32 Å². The molecular weight excluding hydrogens is 383 g/mol. The minimum Gasteiger partial charge on any atom is -0.478 e. The average molecular weight is 396 g/mol. The minimum atomic E-state index is -1.10. The van der Waals surface area contributed by atoms with E-state index in [0.717, 1.165) is 3.57 Å². The number of hydrogen-bond acceptors (Lipinski definition) is 3. The molecule has 0 fully saturated rings. The number of hydrogen-bond donors (Lipinski definition) is 3. The summed E-state index contributed by atoms with van der Waals surface area (Å²) >= 11 is 2.01. The van der Waals surface area contributed by atoms with Crippen LogP contribution in [0.1, 0.15) is 22.0 Å². The molecule has 0 aromatic heterocycles. The minimum absolute atomic E-state index is 0.0375. The highest BCUT2D eigenvalue weighted by atomic mass is 127. The van der Waals surface area contributed by atoms with Gasteiger partial charge in [0.2, 0.25) is 5.91 Å². The summed E-state index contributed by atoms with van der Waals surface area (Å²) in [4.78, 5) is 23.4. The number of nitrogens with one attached hydrogen (secondary N) is 1. The van der Waals surface area contributed by atoms with Gasteiger partial charge in [-0.1, -0.05) is 30.3 Å². The van der Waals surface area contributed by atoms with Crippen LogP contribution in [-0.4, -0.2) is 17.0 Å². The second-order valence-corrected chi connectivity index (χ2v) is 5.62. The Bertz CT molecular complexity index is 674. The fourth-order valence-electron chi connectivity index (χ4n) is 1.82. The van der Waals surface area contributed by atoms with Crippen LogP contribution in [0.25, 0.3) is 0 Å². The number of amides is 1. The molecule has 0 saturated heterocycles. The Labute approximate surface area is 135 Å². The molecule has 0 aliphatic heterocycles. The second kappa shape index (κ2) is 6.68. The molecule has 0 spiro atoms. The average Bonchev–Trinajstić information content (AvgIpc) is 2.49. The summed E-state index contributed by atoms with van der Waals surface area (Å²) in [6, 6.07) is 12.8. The summed E-state index contributed by atoms with van der Waals surface area (Å²) in [6.07, 6.45) is 0. The number of nitrogens with two attached hydrogens (primary N) is 1. The molecule has 0 aliphatic carbocycles. The van der Waals surface area contributed by atoms with Crippen LogP contribution in [0, 0.1) is 3.57 Å². The zero-order valence-corrected chi connectivity index (χ0v) is 13.1. The summed E-state index contributed by atoms with van der Waals surface area (Å²) < 4.78 is 0.773. The van der Waals surface area contributed by atoms with Gasteiger partial charge in [-0.2, -0.15) is 0 Å². The number of halogens is 1. The van der Waals surface area contributed by atoms with Crippen LogP contribution >= 0.6 is 22.6 Å². The van der Waals surface area contributed by atoms with Crippen molar-refractivity contribution in [3.8, 4) is 0 Å². The van der Waals surface area contributed by atoms with Crippen molar-refractivity contribution in [3.05, 3.63) is 63.2 Å². The van der Waals surface area contributed by atoms with E-state index in [1.54, 1.807) is 36.4 Å². The van der Waals surface area contributed by atoms with Gasteiger partial charge in [0, 0.05) is 3.57 Å². The van der Waals surface area contributed by atoms with Crippen molar-refractivity contribution in [3.63, 3.8) is 0 Å². The highest BCUT2D eigenvalue weighted by molar-refractivity contribution is 14.1. The van der Waals surface area contributed by atoms with Crippen molar-refractivity contribution in [2.75, 3.05) is 5.32 Å². The third-order valence-electron chi connectivity index (χ3n) is 2.91. The second-order valence-electron chi connectivity index (χ2n) is 4.37. The quantitative estimate of drug-likeness (QED) is 0.693. The third kappa shape index (κ3) is 3.79. The first kappa shape index (κ1) is 15.5. The maximum Gasteiger partial charge on any atom is 0.337 e. The molecule has 1 amide bonds. The largest absolute Gasteiger partial charge is 0.478 e. The zero-order valence-electron chi connectivity index (χ0n) is 10.9. The lowest BCUT2D eigenvalue weighted by molar-refractivity contribution is -0.117. The summed E-state index contributed by atoms with van der Waals surface area (Å²) in [5, 5.41) is 11.7. The van der Waals surface area contributed by atoms with Crippen LogP contribution in [0.3, 0.4) is 0 Å². The Morgan fingerprint density at radius 1 is 1.14 bits per heavy atom. The Morgan fingerprint density at radius 3 is 2.43 bits per heavy atom. The lowest BCUT2D eigenvalue weighted by Gasteiger charge is -2.14. The van der Waals surface area contributed by atoms with Gasteiger partial charge in [-0.05, 0) is 46.4 Å². The van der Waals surface area contributed by atoms with Gasteiger partial charge in [-0.25, -0.2) is 4.79 Å². The molecule has 108 valence electrons. The number of carboxylic acid groups (broad SMARTS) is 1. The topological polar surface area (TPSA) is 92.4 Å². The molecule has 0 bridgehead atoms. The normalized spacial score (nSPS) is 11.7. The molecule has 1 atom stereocenters. The van der Waals surface area contributed by atoms with E-state index in [-0.39, 0.29) is 11.3 Å². The highest BCUT2D eigenvalue weighted by Crippen LogP contribution is 2.20. The van der Waals surface area contributed by atoms with E-state index in [9.17, 15) is 14.7 Å². The van der Waals surface area contributed by atoms with Gasteiger partial charge in [0.1, 0.15) is 6.04 Å². The fraction of sp³-hybridized carbons (Fsp3) is 0.0667. The number of carboxylic acids is 1. The van der Waals surface area contributed by atoms with Crippen molar-refractivity contribution < 1.29 is 14.7 Å². The lowest BCUT2D eigenvalue weighted by atomic mass is 10.1. The Kier molecular flexibility index (Phi) is 4.92. The van der Waals surface area contributed by atoms with E-state index in [1.165, 1.54) is 6.07 Å². The number of benzene rings is 2. The van der Waals surface area contributed by atoms with Gasteiger partial charge in [-0.15, -0.1) is 0 Å². The van der Waals surface area contributed by atoms with Gasteiger partial charge in [0.05, 0.1) is 11.3 Å². The summed E-state index contributed by atoms with van der Waals surface area (Å²) in [5.74, 6) is -1.55. The molecule has 2 aromatic carbocycles. The molecular formula is C15H13IN2O3. The molecule has 2 rings (SSSR count). The van der Waals surface area contributed by atoms with E-state index in [0.29, 0.717) is 5.56 Å². The summed E-state index contributed by atoms with van der Waals surface area (Å²) in [5.41, 5.74) is 6.82. The van der Waals surface area contributed by atoms with Crippen molar-refractivity contribution in [2.45, 2.75) is 6.04 Å².